The average molecular weight is 298 g/mol. The lowest BCUT2D eigenvalue weighted by molar-refractivity contribution is -0.132. The quantitative estimate of drug-likeness (QED) is 0.912. The molecule has 0 bridgehead atoms. The van der Waals surface area contributed by atoms with E-state index in [4.69, 9.17) is 4.74 Å². The van der Waals surface area contributed by atoms with E-state index in [1.807, 2.05) is 17.0 Å². The number of amides is 1. The molecular weight excluding hydrogens is 278 g/mol. The molecule has 2 fully saturated rings. The number of likely N-dealkylation sites (tertiary alicyclic amines) is 1. The highest BCUT2D eigenvalue weighted by molar-refractivity contribution is 5.85. The molecule has 1 aromatic heterocycles. The number of nitrogens with zero attached hydrogens (tertiary/aromatic N) is 2. The molecule has 3 heterocycles. The summed E-state index contributed by atoms with van der Waals surface area (Å²) in [7, 11) is 0. The van der Waals surface area contributed by atoms with Gasteiger partial charge in [-0.2, -0.15) is 0 Å². The van der Waals surface area contributed by atoms with E-state index in [2.05, 4.69) is 10.3 Å². The van der Waals surface area contributed by atoms with Gasteiger partial charge in [-0.3, -0.25) is 9.78 Å². The molecule has 2 unspecified atom stereocenters. The molecular formula is C14H20ClN3O2. The Morgan fingerprint density at radius 2 is 2.35 bits per heavy atom. The monoisotopic (exact) mass is 297 g/mol. The first-order valence-electron chi connectivity index (χ1n) is 6.92. The number of hydrogen-bond acceptors (Lipinski definition) is 4. The standard InChI is InChI=1S/C14H19N3O2.ClH/c18-14(13-4-2-7-16-13)17-8-5-12(10-17)19-11-3-1-6-15-9-11;/h1,3,6,9,12-13,16H,2,4-5,7-8,10H2;1H. The van der Waals surface area contributed by atoms with E-state index >= 15 is 0 Å². The maximum atomic E-state index is 12.2. The van der Waals surface area contributed by atoms with Crippen LogP contribution in [0.15, 0.2) is 24.5 Å². The molecule has 1 aromatic rings. The molecule has 1 N–H and O–H groups in total. The molecule has 0 aliphatic carbocycles. The summed E-state index contributed by atoms with van der Waals surface area (Å²) >= 11 is 0. The summed E-state index contributed by atoms with van der Waals surface area (Å²) in [5, 5.41) is 3.26. The first-order valence-corrected chi connectivity index (χ1v) is 6.92. The predicted octanol–water partition coefficient (Wildman–Crippen LogP) is 1.24. The van der Waals surface area contributed by atoms with Gasteiger partial charge < -0.3 is 15.0 Å². The highest BCUT2D eigenvalue weighted by Crippen LogP contribution is 2.19. The van der Waals surface area contributed by atoms with Gasteiger partial charge in [0.25, 0.3) is 0 Å². The lowest BCUT2D eigenvalue weighted by atomic mass is 10.2. The van der Waals surface area contributed by atoms with E-state index in [1.54, 1.807) is 12.4 Å². The summed E-state index contributed by atoms with van der Waals surface area (Å²) in [5.41, 5.74) is 0. The van der Waals surface area contributed by atoms with Crippen molar-refractivity contribution in [3.05, 3.63) is 24.5 Å². The minimum absolute atomic E-state index is 0. The molecule has 1 amide bonds. The average Bonchev–Trinajstić information content (AvgIpc) is 3.10. The van der Waals surface area contributed by atoms with E-state index < -0.39 is 0 Å². The van der Waals surface area contributed by atoms with Crippen LogP contribution in [-0.4, -0.2) is 47.6 Å². The van der Waals surface area contributed by atoms with Crippen molar-refractivity contribution in [2.75, 3.05) is 19.6 Å². The molecule has 0 saturated carbocycles. The number of aromatic nitrogens is 1. The number of carbonyl (C=O) groups excluding carboxylic acids is 1. The number of pyridine rings is 1. The summed E-state index contributed by atoms with van der Waals surface area (Å²) < 4.78 is 5.84. The van der Waals surface area contributed by atoms with Gasteiger partial charge in [-0.25, -0.2) is 0 Å². The van der Waals surface area contributed by atoms with Crippen LogP contribution < -0.4 is 10.1 Å². The van der Waals surface area contributed by atoms with Crippen molar-refractivity contribution in [2.24, 2.45) is 0 Å². The Morgan fingerprint density at radius 3 is 3.05 bits per heavy atom. The van der Waals surface area contributed by atoms with Crippen molar-refractivity contribution >= 4 is 18.3 Å². The van der Waals surface area contributed by atoms with Crippen LogP contribution in [0.25, 0.3) is 0 Å². The van der Waals surface area contributed by atoms with E-state index in [0.717, 1.165) is 38.1 Å². The van der Waals surface area contributed by atoms with Crippen LogP contribution in [0.3, 0.4) is 0 Å². The second kappa shape index (κ2) is 6.90. The van der Waals surface area contributed by atoms with Gasteiger partial charge in [-0.1, -0.05) is 0 Å². The second-order valence-corrected chi connectivity index (χ2v) is 5.15. The minimum atomic E-state index is 0. The Hall–Kier alpha value is -1.33. The maximum Gasteiger partial charge on any atom is 0.239 e. The number of hydrogen-bond donors (Lipinski definition) is 1. The predicted molar refractivity (Wildman–Crippen MR) is 78.1 cm³/mol. The molecule has 0 aromatic carbocycles. The van der Waals surface area contributed by atoms with Gasteiger partial charge in [0.1, 0.15) is 11.9 Å². The zero-order chi connectivity index (χ0) is 13.1. The van der Waals surface area contributed by atoms with Gasteiger partial charge in [0.2, 0.25) is 5.91 Å². The van der Waals surface area contributed by atoms with Gasteiger partial charge in [-0.15, -0.1) is 12.4 Å². The molecule has 2 saturated heterocycles. The third kappa shape index (κ3) is 3.41. The maximum absolute atomic E-state index is 12.2. The fourth-order valence-corrected chi connectivity index (χ4v) is 2.75. The molecule has 0 spiro atoms. The number of ether oxygens (including phenoxy) is 1. The van der Waals surface area contributed by atoms with Crippen LogP contribution in [-0.2, 0) is 4.79 Å². The third-order valence-corrected chi connectivity index (χ3v) is 3.75. The molecule has 2 aliphatic heterocycles. The Labute approximate surface area is 125 Å². The zero-order valence-corrected chi connectivity index (χ0v) is 12.1. The molecule has 0 radical (unpaired) electrons. The summed E-state index contributed by atoms with van der Waals surface area (Å²) in [6.07, 6.45) is 6.48. The van der Waals surface area contributed by atoms with Crippen LogP contribution in [0, 0.1) is 0 Å². The van der Waals surface area contributed by atoms with Crippen molar-refractivity contribution in [1.82, 2.24) is 15.2 Å². The molecule has 2 atom stereocenters. The Balaban J connectivity index is 0.00000147. The molecule has 6 heteroatoms. The van der Waals surface area contributed by atoms with E-state index in [1.165, 1.54) is 0 Å². The smallest absolute Gasteiger partial charge is 0.239 e. The van der Waals surface area contributed by atoms with Crippen molar-refractivity contribution in [1.29, 1.82) is 0 Å². The first kappa shape index (κ1) is 15.1. The fraction of sp³-hybridized carbons (Fsp3) is 0.571. The molecule has 5 nitrogen and oxygen atoms in total. The number of rotatable bonds is 3. The number of nitrogens with one attached hydrogen (secondary N) is 1. The highest BCUT2D eigenvalue weighted by Gasteiger charge is 2.32. The summed E-state index contributed by atoms with van der Waals surface area (Å²) in [6, 6.07) is 3.78. The molecule has 110 valence electrons. The third-order valence-electron chi connectivity index (χ3n) is 3.75. The number of halogens is 1. The van der Waals surface area contributed by atoms with Crippen LogP contribution >= 0.6 is 12.4 Å². The second-order valence-electron chi connectivity index (χ2n) is 5.15. The Kier molecular flexibility index (Phi) is 5.20. The normalized spacial score (nSPS) is 25.3. The summed E-state index contributed by atoms with van der Waals surface area (Å²) in [4.78, 5) is 18.2. The molecule has 3 rings (SSSR count). The fourth-order valence-electron chi connectivity index (χ4n) is 2.75. The summed E-state index contributed by atoms with van der Waals surface area (Å²) in [5.74, 6) is 1.01. The SMILES string of the molecule is Cl.O=C(C1CCCN1)N1CCC(Oc2cccnc2)C1. The first-order chi connectivity index (χ1) is 9.33. The van der Waals surface area contributed by atoms with Gasteiger partial charge >= 0.3 is 0 Å². The van der Waals surface area contributed by atoms with Gasteiger partial charge in [0, 0.05) is 19.2 Å². The Morgan fingerprint density at radius 1 is 1.45 bits per heavy atom. The van der Waals surface area contributed by atoms with Crippen molar-refractivity contribution in [3.63, 3.8) is 0 Å². The summed E-state index contributed by atoms with van der Waals surface area (Å²) in [6.45, 7) is 2.44. The number of carbonyl (C=O) groups is 1. The van der Waals surface area contributed by atoms with Gasteiger partial charge in [0.05, 0.1) is 18.8 Å². The van der Waals surface area contributed by atoms with E-state index in [0.29, 0.717) is 6.54 Å². The van der Waals surface area contributed by atoms with E-state index in [-0.39, 0.29) is 30.5 Å². The van der Waals surface area contributed by atoms with E-state index in [9.17, 15) is 4.79 Å². The van der Waals surface area contributed by atoms with Crippen LogP contribution in [0.5, 0.6) is 5.75 Å². The molecule has 20 heavy (non-hydrogen) atoms. The van der Waals surface area contributed by atoms with Gasteiger partial charge in [-0.05, 0) is 31.5 Å². The Bertz CT molecular complexity index is 437. The van der Waals surface area contributed by atoms with Crippen molar-refractivity contribution in [2.45, 2.75) is 31.4 Å². The zero-order valence-electron chi connectivity index (χ0n) is 11.3. The minimum Gasteiger partial charge on any atom is -0.487 e. The van der Waals surface area contributed by atoms with Crippen molar-refractivity contribution in [3.8, 4) is 5.75 Å². The molecule has 2 aliphatic rings. The highest BCUT2D eigenvalue weighted by atomic mass is 35.5. The van der Waals surface area contributed by atoms with Crippen LogP contribution in [0.4, 0.5) is 0 Å². The van der Waals surface area contributed by atoms with Crippen LogP contribution in [0.2, 0.25) is 0 Å². The largest absolute Gasteiger partial charge is 0.487 e. The lowest BCUT2D eigenvalue weighted by Gasteiger charge is -2.20. The van der Waals surface area contributed by atoms with Crippen LogP contribution in [0.1, 0.15) is 19.3 Å². The lowest BCUT2D eigenvalue weighted by Crippen LogP contribution is -2.43. The van der Waals surface area contributed by atoms with Crippen molar-refractivity contribution < 1.29 is 9.53 Å². The van der Waals surface area contributed by atoms with Gasteiger partial charge in [0.15, 0.2) is 0 Å². The topological polar surface area (TPSA) is 54.5 Å².